The number of carbonyl (C=O) groups is 1. The molecule has 2 aromatic rings. The van der Waals surface area contributed by atoms with Crippen molar-refractivity contribution in [2.75, 3.05) is 0 Å². The fourth-order valence-corrected chi connectivity index (χ4v) is 1.92. The zero-order valence-electron chi connectivity index (χ0n) is 7.60. The molecule has 0 aliphatic heterocycles. The van der Waals surface area contributed by atoms with Gasteiger partial charge in [0.25, 0.3) is 0 Å². The predicted molar refractivity (Wildman–Crippen MR) is 55.3 cm³/mol. The van der Waals surface area contributed by atoms with E-state index >= 15 is 0 Å². The maximum atomic E-state index is 11.2. The van der Waals surface area contributed by atoms with Crippen LogP contribution in [0.2, 0.25) is 0 Å². The first-order valence-electron chi connectivity index (χ1n) is 4.18. The Morgan fingerprint density at radius 1 is 1.29 bits per heavy atom. The van der Waals surface area contributed by atoms with Gasteiger partial charge in [-0.1, -0.05) is 34.8 Å². The van der Waals surface area contributed by atoms with E-state index in [0.717, 1.165) is 10.4 Å². The number of benzene rings is 1. The summed E-state index contributed by atoms with van der Waals surface area (Å²) in [7, 11) is 0. The molecule has 0 unspecified atom stereocenters. The van der Waals surface area contributed by atoms with Gasteiger partial charge in [0.2, 0.25) is 0 Å². The van der Waals surface area contributed by atoms with Crippen molar-refractivity contribution in [3.63, 3.8) is 0 Å². The van der Waals surface area contributed by atoms with Gasteiger partial charge in [-0.3, -0.25) is 4.79 Å². The van der Waals surface area contributed by atoms with Gasteiger partial charge in [-0.05, 0) is 17.1 Å². The van der Waals surface area contributed by atoms with E-state index in [-0.39, 0.29) is 5.78 Å². The maximum absolute atomic E-state index is 11.2. The van der Waals surface area contributed by atoms with Crippen LogP contribution in [0.3, 0.4) is 0 Å². The van der Waals surface area contributed by atoms with E-state index in [1.165, 1.54) is 18.5 Å². The molecule has 2 rings (SSSR count). The molecule has 1 aromatic carbocycles. The Hall–Kier alpha value is -1.55. The third-order valence-corrected chi connectivity index (χ3v) is 2.63. The van der Waals surface area contributed by atoms with E-state index in [9.17, 15) is 4.79 Å². The number of rotatable bonds is 2. The van der Waals surface area contributed by atoms with Crippen molar-refractivity contribution >= 4 is 17.3 Å². The normalized spacial score (nSPS) is 10.1. The molecule has 0 atom stereocenters. The Morgan fingerprint density at radius 2 is 2.00 bits per heavy atom. The third kappa shape index (κ3) is 1.56. The summed E-state index contributed by atoms with van der Waals surface area (Å²) < 4.78 is 3.79. The molecule has 0 amide bonds. The van der Waals surface area contributed by atoms with Gasteiger partial charge in [-0.15, -0.1) is 5.10 Å². The van der Waals surface area contributed by atoms with Crippen molar-refractivity contribution in [1.29, 1.82) is 0 Å². The second-order valence-electron chi connectivity index (χ2n) is 2.87. The zero-order valence-corrected chi connectivity index (χ0v) is 8.41. The summed E-state index contributed by atoms with van der Waals surface area (Å²) in [6, 6.07) is 9.69. The van der Waals surface area contributed by atoms with Gasteiger partial charge >= 0.3 is 0 Å². The van der Waals surface area contributed by atoms with Crippen LogP contribution in [-0.4, -0.2) is 15.4 Å². The van der Waals surface area contributed by atoms with Crippen molar-refractivity contribution in [2.24, 2.45) is 0 Å². The summed E-state index contributed by atoms with van der Waals surface area (Å²) in [4.78, 5) is 12.1. The summed E-state index contributed by atoms with van der Waals surface area (Å²) in [5.41, 5.74) is 1.45. The minimum Gasteiger partial charge on any atom is -0.293 e. The van der Waals surface area contributed by atoms with Crippen LogP contribution in [0, 0.1) is 0 Å². The highest BCUT2D eigenvalue weighted by molar-refractivity contribution is 7.09. The van der Waals surface area contributed by atoms with Crippen LogP contribution in [-0.2, 0) is 0 Å². The van der Waals surface area contributed by atoms with Crippen LogP contribution in [0.4, 0.5) is 0 Å². The van der Waals surface area contributed by atoms with Gasteiger partial charge < -0.3 is 0 Å². The minimum absolute atomic E-state index is 0.0439. The van der Waals surface area contributed by atoms with Crippen LogP contribution in [0.25, 0.3) is 10.4 Å². The van der Waals surface area contributed by atoms with Crippen LogP contribution < -0.4 is 0 Å². The lowest BCUT2D eigenvalue weighted by atomic mass is 10.1. The quantitative estimate of drug-likeness (QED) is 0.705. The van der Waals surface area contributed by atoms with E-state index in [1.807, 2.05) is 30.3 Å². The molecule has 0 radical (unpaired) electrons. The number of aromatic nitrogens is 2. The topological polar surface area (TPSA) is 42.9 Å². The number of nitrogens with zero attached hydrogens (tertiary/aromatic N) is 2. The molecule has 0 spiro atoms. The van der Waals surface area contributed by atoms with Gasteiger partial charge in [-0.25, -0.2) is 0 Å². The monoisotopic (exact) mass is 204 g/mol. The van der Waals surface area contributed by atoms with Gasteiger partial charge in [0.1, 0.15) is 5.69 Å². The zero-order chi connectivity index (χ0) is 9.97. The molecule has 1 aromatic heterocycles. The summed E-state index contributed by atoms with van der Waals surface area (Å²) >= 11 is 1.25. The van der Waals surface area contributed by atoms with Crippen molar-refractivity contribution < 1.29 is 4.79 Å². The SMILES string of the molecule is CC(=O)c1nnsc1-c1ccccc1. The lowest BCUT2D eigenvalue weighted by Gasteiger charge is -1.96. The largest absolute Gasteiger partial charge is 0.293 e. The average molecular weight is 204 g/mol. The number of hydrogen-bond acceptors (Lipinski definition) is 4. The number of ketones is 1. The number of carbonyl (C=O) groups excluding carboxylic acids is 1. The molecule has 3 nitrogen and oxygen atoms in total. The number of hydrogen-bond donors (Lipinski definition) is 0. The van der Waals surface area contributed by atoms with E-state index < -0.39 is 0 Å². The Balaban J connectivity index is 2.52. The first kappa shape index (κ1) is 9.02. The molecule has 0 saturated heterocycles. The number of Topliss-reactive ketones (excluding diaryl/α,β-unsaturated/α-hetero) is 1. The fraction of sp³-hybridized carbons (Fsp3) is 0.100. The van der Waals surface area contributed by atoms with E-state index in [2.05, 4.69) is 9.59 Å². The molecular formula is C10H8N2OS. The molecule has 0 aliphatic rings. The van der Waals surface area contributed by atoms with Gasteiger partial charge in [0.05, 0.1) is 4.88 Å². The smallest absolute Gasteiger partial charge is 0.181 e. The summed E-state index contributed by atoms with van der Waals surface area (Å²) in [6.45, 7) is 1.50. The summed E-state index contributed by atoms with van der Waals surface area (Å²) in [5.74, 6) is -0.0439. The van der Waals surface area contributed by atoms with E-state index in [1.54, 1.807) is 0 Å². The fourth-order valence-electron chi connectivity index (χ4n) is 1.20. The Bertz CT molecular complexity index is 450. The standard InChI is InChI=1S/C10H8N2OS/c1-7(13)9-10(14-12-11-9)8-5-3-2-4-6-8/h2-6H,1H3. The van der Waals surface area contributed by atoms with Crippen molar-refractivity contribution in [3.8, 4) is 10.4 Å². The van der Waals surface area contributed by atoms with E-state index in [4.69, 9.17) is 0 Å². The van der Waals surface area contributed by atoms with Crippen molar-refractivity contribution in [1.82, 2.24) is 9.59 Å². The highest BCUT2D eigenvalue weighted by Gasteiger charge is 2.13. The first-order valence-corrected chi connectivity index (χ1v) is 4.95. The van der Waals surface area contributed by atoms with Gasteiger partial charge in [0, 0.05) is 6.92 Å². The van der Waals surface area contributed by atoms with Crippen molar-refractivity contribution in [3.05, 3.63) is 36.0 Å². The maximum Gasteiger partial charge on any atom is 0.181 e. The van der Waals surface area contributed by atoms with Crippen LogP contribution in [0.15, 0.2) is 30.3 Å². The average Bonchev–Trinajstić information content (AvgIpc) is 2.67. The molecular weight excluding hydrogens is 196 g/mol. The van der Waals surface area contributed by atoms with Crippen LogP contribution in [0.5, 0.6) is 0 Å². The molecule has 70 valence electrons. The van der Waals surface area contributed by atoms with Gasteiger partial charge in [-0.2, -0.15) is 0 Å². The molecule has 14 heavy (non-hydrogen) atoms. The molecule has 0 bridgehead atoms. The highest BCUT2D eigenvalue weighted by atomic mass is 32.1. The molecule has 4 heteroatoms. The highest BCUT2D eigenvalue weighted by Crippen LogP contribution is 2.25. The first-order chi connectivity index (χ1) is 6.79. The summed E-state index contributed by atoms with van der Waals surface area (Å²) in [6.07, 6.45) is 0. The van der Waals surface area contributed by atoms with Crippen molar-refractivity contribution in [2.45, 2.75) is 6.92 Å². The molecule has 0 N–H and O–H groups in total. The Labute approximate surface area is 85.6 Å². The Kier molecular flexibility index (Phi) is 2.37. The lowest BCUT2D eigenvalue weighted by Crippen LogP contribution is -1.94. The van der Waals surface area contributed by atoms with Crippen LogP contribution >= 0.6 is 11.5 Å². The summed E-state index contributed by atoms with van der Waals surface area (Å²) in [5, 5.41) is 3.81. The second-order valence-corrected chi connectivity index (χ2v) is 3.63. The predicted octanol–water partition coefficient (Wildman–Crippen LogP) is 2.41. The molecule has 0 saturated carbocycles. The van der Waals surface area contributed by atoms with Gasteiger partial charge in [0.15, 0.2) is 5.78 Å². The van der Waals surface area contributed by atoms with E-state index in [0.29, 0.717) is 5.69 Å². The molecule has 0 aliphatic carbocycles. The lowest BCUT2D eigenvalue weighted by molar-refractivity contribution is 0.101. The minimum atomic E-state index is -0.0439. The Morgan fingerprint density at radius 3 is 2.64 bits per heavy atom. The third-order valence-electron chi connectivity index (χ3n) is 1.86. The molecule has 0 fully saturated rings. The molecule has 1 heterocycles. The van der Waals surface area contributed by atoms with Crippen LogP contribution in [0.1, 0.15) is 17.4 Å². The second kappa shape index (κ2) is 3.67.